The highest BCUT2D eigenvalue weighted by Gasteiger charge is 2.14. The van der Waals surface area contributed by atoms with Crippen LogP contribution in [0.25, 0.3) is 11.4 Å². The van der Waals surface area contributed by atoms with Crippen molar-refractivity contribution in [2.45, 2.75) is 18.6 Å². The van der Waals surface area contributed by atoms with Crippen molar-refractivity contribution in [2.24, 2.45) is 5.10 Å². The molecule has 1 N–H and O–H groups in total. The first kappa shape index (κ1) is 17.8. The Bertz CT molecular complexity index is 879. The predicted octanol–water partition coefficient (Wildman–Crippen LogP) is 2.60. The molecule has 7 nitrogen and oxygen atoms in total. The van der Waals surface area contributed by atoms with Crippen molar-refractivity contribution in [3.63, 3.8) is 0 Å². The zero-order valence-corrected chi connectivity index (χ0v) is 15.1. The molecule has 1 amide bonds. The van der Waals surface area contributed by atoms with Crippen LogP contribution in [0.2, 0.25) is 0 Å². The summed E-state index contributed by atoms with van der Waals surface area (Å²) in [5.74, 6) is 0.796. The van der Waals surface area contributed by atoms with Crippen LogP contribution in [-0.4, -0.2) is 37.6 Å². The highest BCUT2D eigenvalue weighted by molar-refractivity contribution is 7.99. The molecule has 2 aromatic heterocycles. The number of pyridine rings is 1. The Morgan fingerprint density at radius 3 is 2.81 bits per heavy atom. The lowest BCUT2D eigenvalue weighted by atomic mass is 10.2. The quantitative estimate of drug-likeness (QED) is 0.395. The normalized spacial score (nSPS) is 11.0. The smallest absolute Gasteiger partial charge is 0.250 e. The first-order chi connectivity index (χ1) is 12.8. The van der Waals surface area contributed by atoms with E-state index in [4.69, 9.17) is 0 Å². The van der Waals surface area contributed by atoms with Crippen molar-refractivity contribution >= 4 is 23.9 Å². The molecule has 0 fully saturated rings. The number of nitrogens with one attached hydrogen (secondary N) is 1. The van der Waals surface area contributed by atoms with Crippen LogP contribution < -0.4 is 5.43 Å². The van der Waals surface area contributed by atoms with Crippen LogP contribution in [0.1, 0.15) is 12.5 Å². The second-order valence-electron chi connectivity index (χ2n) is 5.28. The molecule has 0 saturated heterocycles. The zero-order chi connectivity index (χ0) is 18.2. The Labute approximate surface area is 155 Å². The van der Waals surface area contributed by atoms with Crippen molar-refractivity contribution in [3.8, 4) is 11.4 Å². The van der Waals surface area contributed by atoms with Gasteiger partial charge in [0.2, 0.25) is 0 Å². The summed E-state index contributed by atoms with van der Waals surface area (Å²) in [6.45, 7) is 2.75. The van der Waals surface area contributed by atoms with Crippen LogP contribution in [0.15, 0.2) is 65.1 Å². The van der Waals surface area contributed by atoms with Crippen LogP contribution in [0.4, 0.5) is 0 Å². The van der Waals surface area contributed by atoms with E-state index in [0.29, 0.717) is 5.16 Å². The van der Waals surface area contributed by atoms with Crippen molar-refractivity contribution < 1.29 is 4.79 Å². The zero-order valence-electron chi connectivity index (χ0n) is 14.2. The topological polar surface area (TPSA) is 85.1 Å². The molecule has 3 rings (SSSR count). The van der Waals surface area contributed by atoms with Gasteiger partial charge in [-0.2, -0.15) is 5.10 Å². The summed E-state index contributed by atoms with van der Waals surface area (Å²) >= 11 is 1.33. The third-order valence-corrected chi connectivity index (χ3v) is 4.45. The molecule has 0 aliphatic heterocycles. The maximum absolute atomic E-state index is 12.0. The summed E-state index contributed by atoms with van der Waals surface area (Å²) in [6, 6.07) is 13.5. The summed E-state index contributed by atoms with van der Waals surface area (Å²) in [7, 11) is 0. The highest BCUT2D eigenvalue weighted by Crippen LogP contribution is 2.23. The molecule has 132 valence electrons. The number of aromatic nitrogens is 4. The van der Waals surface area contributed by atoms with Gasteiger partial charge in [0.15, 0.2) is 11.0 Å². The number of amides is 1. The Kier molecular flexibility index (Phi) is 6.10. The standard InChI is InChI=1S/C18H18N6OS/c1-2-24-17(15-8-4-3-5-9-15)22-23-18(24)26-13-16(25)21-20-12-14-7-6-10-19-11-14/h3-12H,2,13H2,1H3,(H,21,25). The van der Waals surface area contributed by atoms with E-state index in [9.17, 15) is 4.79 Å². The number of rotatable bonds is 7. The molecule has 0 saturated carbocycles. The number of thioether (sulfide) groups is 1. The molecule has 0 bridgehead atoms. The molecule has 0 atom stereocenters. The lowest BCUT2D eigenvalue weighted by molar-refractivity contribution is -0.118. The lowest BCUT2D eigenvalue weighted by Gasteiger charge is -2.06. The molecule has 1 aromatic carbocycles. The van der Waals surface area contributed by atoms with Crippen molar-refractivity contribution in [1.29, 1.82) is 0 Å². The van der Waals surface area contributed by atoms with Gasteiger partial charge in [-0.05, 0) is 13.0 Å². The summed E-state index contributed by atoms with van der Waals surface area (Å²) in [5.41, 5.74) is 4.32. The van der Waals surface area contributed by atoms with Gasteiger partial charge in [-0.25, -0.2) is 5.43 Å². The van der Waals surface area contributed by atoms with Gasteiger partial charge in [0.05, 0.1) is 12.0 Å². The summed E-state index contributed by atoms with van der Waals surface area (Å²) in [6.07, 6.45) is 4.90. The number of carbonyl (C=O) groups excluding carboxylic acids is 1. The number of benzene rings is 1. The Morgan fingerprint density at radius 1 is 1.23 bits per heavy atom. The van der Waals surface area contributed by atoms with Gasteiger partial charge in [-0.1, -0.05) is 48.2 Å². The van der Waals surface area contributed by atoms with Gasteiger partial charge in [0.1, 0.15) is 0 Å². The minimum absolute atomic E-state index is 0.206. The summed E-state index contributed by atoms with van der Waals surface area (Å²) < 4.78 is 1.99. The molecular weight excluding hydrogens is 348 g/mol. The fourth-order valence-electron chi connectivity index (χ4n) is 2.27. The number of carbonyl (C=O) groups is 1. The number of nitrogens with zero attached hydrogens (tertiary/aromatic N) is 5. The molecule has 0 aliphatic carbocycles. The fourth-order valence-corrected chi connectivity index (χ4v) is 3.07. The molecule has 0 unspecified atom stereocenters. The SMILES string of the molecule is CCn1c(SCC(=O)NN=Cc2cccnc2)nnc1-c1ccccc1. The van der Waals surface area contributed by atoms with Crippen LogP contribution in [0.3, 0.4) is 0 Å². The van der Waals surface area contributed by atoms with Gasteiger partial charge in [-0.15, -0.1) is 10.2 Å². The average molecular weight is 366 g/mol. The van der Waals surface area contributed by atoms with Crippen molar-refractivity contribution in [3.05, 3.63) is 60.4 Å². The molecule has 2 heterocycles. The largest absolute Gasteiger partial charge is 0.302 e. The molecule has 26 heavy (non-hydrogen) atoms. The van der Waals surface area contributed by atoms with E-state index in [1.807, 2.05) is 47.9 Å². The first-order valence-corrected chi connectivity index (χ1v) is 9.10. The van der Waals surface area contributed by atoms with Crippen LogP contribution in [0, 0.1) is 0 Å². The fraction of sp³-hybridized carbons (Fsp3) is 0.167. The second kappa shape index (κ2) is 8.91. The minimum atomic E-state index is -0.206. The molecule has 8 heteroatoms. The first-order valence-electron chi connectivity index (χ1n) is 8.11. The molecule has 0 spiro atoms. The van der Waals surface area contributed by atoms with E-state index in [1.165, 1.54) is 11.8 Å². The third-order valence-electron chi connectivity index (χ3n) is 3.48. The van der Waals surface area contributed by atoms with Crippen LogP contribution in [0.5, 0.6) is 0 Å². The average Bonchev–Trinajstić information content (AvgIpc) is 3.11. The van der Waals surface area contributed by atoms with Crippen molar-refractivity contribution in [1.82, 2.24) is 25.2 Å². The number of hydrazone groups is 1. The Morgan fingerprint density at radius 2 is 2.08 bits per heavy atom. The predicted molar refractivity (Wildman–Crippen MR) is 102 cm³/mol. The van der Waals surface area contributed by atoms with E-state index >= 15 is 0 Å². The number of hydrogen-bond acceptors (Lipinski definition) is 6. The third kappa shape index (κ3) is 4.54. The van der Waals surface area contributed by atoms with Gasteiger partial charge >= 0.3 is 0 Å². The van der Waals surface area contributed by atoms with Crippen molar-refractivity contribution in [2.75, 3.05) is 5.75 Å². The maximum atomic E-state index is 12.0. The van der Waals surface area contributed by atoms with Gasteiger partial charge in [0, 0.05) is 30.1 Å². The van der Waals surface area contributed by atoms with E-state index in [2.05, 4.69) is 25.7 Å². The number of hydrogen-bond donors (Lipinski definition) is 1. The van der Waals surface area contributed by atoms with Gasteiger partial charge in [-0.3, -0.25) is 9.78 Å². The summed E-state index contributed by atoms with van der Waals surface area (Å²) in [5, 5.41) is 13.1. The molecule has 0 radical (unpaired) electrons. The van der Waals surface area contributed by atoms with E-state index in [-0.39, 0.29) is 11.7 Å². The monoisotopic (exact) mass is 366 g/mol. The molecular formula is C18H18N6OS. The molecule has 3 aromatic rings. The molecule has 0 aliphatic rings. The lowest BCUT2D eigenvalue weighted by Crippen LogP contribution is -2.20. The van der Waals surface area contributed by atoms with Crippen LogP contribution in [-0.2, 0) is 11.3 Å². The van der Waals surface area contributed by atoms with Gasteiger partial charge in [0.25, 0.3) is 5.91 Å². The van der Waals surface area contributed by atoms with E-state index in [1.54, 1.807) is 24.7 Å². The Balaban J connectivity index is 1.58. The Hall–Kier alpha value is -3.00. The second-order valence-corrected chi connectivity index (χ2v) is 6.23. The van der Waals surface area contributed by atoms with Gasteiger partial charge < -0.3 is 4.57 Å². The summed E-state index contributed by atoms with van der Waals surface area (Å²) in [4.78, 5) is 15.9. The highest BCUT2D eigenvalue weighted by atomic mass is 32.2. The van der Waals surface area contributed by atoms with E-state index < -0.39 is 0 Å². The minimum Gasteiger partial charge on any atom is -0.302 e. The maximum Gasteiger partial charge on any atom is 0.250 e. The van der Waals surface area contributed by atoms with Crippen LogP contribution >= 0.6 is 11.8 Å². The van der Waals surface area contributed by atoms with E-state index in [0.717, 1.165) is 23.5 Å².